The highest BCUT2D eigenvalue weighted by Crippen LogP contribution is 2.16. The van der Waals surface area contributed by atoms with Crippen molar-refractivity contribution in [1.82, 2.24) is 5.32 Å². The highest BCUT2D eigenvalue weighted by Gasteiger charge is 2.27. The Bertz CT molecular complexity index is 144. The van der Waals surface area contributed by atoms with Crippen molar-refractivity contribution in [1.29, 1.82) is 0 Å². The van der Waals surface area contributed by atoms with Gasteiger partial charge >= 0.3 is 6.18 Å². The average Bonchev–Trinajstić information content (AvgIpc) is 2.11. The van der Waals surface area contributed by atoms with Gasteiger partial charge in [-0.05, 0) is 32.4 Å². The number of alkyl halides is 3. The second kappa shape index (κ2) is 7.93. The van der Waals surface area contributed by atoms with E-state index in [-0.39, 0.29) is 6.61 Å². The highest BCUT2D eigenvalue weighted by atomic mass is 19.4. The van der Waals surface area contributed by atoms with Crippen LogP contribution in [0.15, 0.2) is 0 Å². The summed E-state index contributed by atoms with van der Waals surface area (Å²) in [6, 6.07) is 0. The van der Waals surface area contributed by atoms with Crippen LogP contribution in [0.1, 0.15) is 26.2 Å². The minimum absolute atomic E-state index is 0.186. The van der Waals surface area contributed by atoms with Crippen LogP contribution in [0.25, 0.3) is 0 Å². The van der Waals surface area contributed by atoms with Crippen molar-refractivity contribution in [2.24, 2.45) is 5.92 Å². The summed E-state index contributed by atoms with van der Waals surface area (Å²) in [6.07, 6.45) is -1.45. The summed E-state index contributed by atoms with van der Waals surface area (Å²) in [5.74, 6) is 0.410. The Kier molecular flexibility index (Phi) is 7.78. The number of halogens is 3. The van der Waals surface area contributed by atoms with E-state index in [0.29, 0.717) is 12.3 Å². The summed E-state index contributed by atoms with van der Waals surface area (Å²) in [5.41, 5.74) is 0. The summed E-state index contributed by atoms with van der Waals surface area (Å²) < 4.78 is 39.8. The normalized spacial score (nSPS) is 14.2. The standard InChI is InChI=1S/C10H20F3NO/c1-3-4-9(7-14-2)5-6-15-8-10(11,12)13/h9,14H,3-8H2,1-2H3. The quantitative estimate of drug-likeness (QED) is 0.643. The van der Waals surface area contributed by atoms with Gasteiger partial charge in [0.1, 0.15) is 6.61 Å². The topological polar surface area (TPSA) is 21.3 Å². The molecule has 2 nitrogen and oxygen atoms in total. The fourth-order valence-corrected chi connectivity index (χ4v) is 1.48. The molecular formula is C10H20F3NO. The van der Waals surface area contributed by atoms with Gasteiger partial charge in [-0.1, -0.05) is 13.3 Å². The second-order valence-corrected chi connectivity index (χ2v) is 3.67. The third-order valence-electron chi connectivity index (χ3n) is 2.13. The Morgan fingerprint density at radius 1 is 1.27 bits per heavy atom. The van der Waals surface area contributed by atoms with E-state index >= 15 is 0 Å². The van der Waals surface area contributed by atoms with Crippen LogP contribution in [0.4, 0.5) is 13.2 Å². The first-order chi connectivity index (χ1) is 6.99. The molecule has 0 fully saturated rings. The zero-order valence-electron chi connectivity index (χ0n) is 9.36. The van der Waals surface area contributed by atoms with Crippen molar-refractivity contribution in [3.8, 4) is 0 Å². The van der Waals surface area contributed by atoms with Crippen molar-refractivity contribution in [3.05, 3.63) is 0 Å². The van der Waals surface area contributed by atoms with E-state index in [2.05, 4.69) is 17.0 Å². The maximum atomic E-state index is 11.7. The largest absolute Gasteiger partial charge is 0.411 e. The number of hydrogen-bond acceptors (Lipinski definition) is 2. The van der Waals surface area contributed by atoms with Gasteiger partial charge in [0.2, 0.25) is 0 Å². The maximum Gasteiger partial charge on any atom is 0.411 e. The number of rotatable bonds is 8. The van der Waals surface area contributed by atoms with Crippen LogP contribution >= 0.6 is 0 Å². The lowest BCUT2D eigenvalue weighted by Gasteiger charge is -2.15. The van der Waals surface area contributed by atoms with Crippen LogP contribution in [0, 0.1) is 5.92 Å². The molecule has 0 aliphatic rings. The molecular weight excluding hydrogens is 207 g/mol. The summed E-state index contributed by atoms with van der Waals surface area (Å²) in [4.78, 5) is 0. The molecule has 0 aromatic rings. The van der Waals surface area contributed by atoms with E-state index in [1.54, 1.807) is 0 Å². The number of hydrogen-bond donors (Lipinski definition) is 1. The maximum absolute atomic E-state index is 11.7. The van der Waals surface area contributed by atoms with Crippen molar-refractivity contribution in [2.75, 3.05) is 26.8 Å². The lowest BCUT2D eigenvalue weighted by atomic mass is 10.0. The Hall–Kier alpha value is -0.290. The fourth-order valence-electron chi connectivity index (χ4n) is 1.48. The molecule has 15 heavy (non-hydrogen) atoms. The molecule has 5 heteroatoms. The summed E-state index contributed by atoms with van der Waals surface area (Å²) >= 11 is 0. The minimum Gasteiger partial charge on any atom is -0.372 e. The van der Waals surface area contributed by atoms with Gasteiger partial charge in [0.25, 0.3) is 0 Å². The number of ether oxygens (including phenoxy) is 1. The fraction of sp³-hybridized carbons (Fsp3) is 1.00. The molecule has 0 aromatic heterocycles. The Morgan fingerprint density at radius 2 is 1.93 bits per heavy atom. The third kappa shape index (κ3) is 10.0. The van der Waals surface area contributed by atoms with Gasteiger partial charge < -0.3 is 10.1 Å². The van der Waals surface area contributed by atoms with E-state index in [0.717, 1.165) is 19.4 Å². The van der Waals surface area contributed by atoms with Crippen molar-refractivity contribution < 1.29 is 17.9 Å². The van der Waals surface area contributed by atoms with E-state index in [9.17, 15) is 13.2 Å². The van der Waals surface area contributed by atoms with Gasteiger partial charge in [-0.15, -0.1) is 0 Å². The molecule has 0 spiro atoms. The predicted molar refractivity (Wildman–Crippen MR) is 53.8 cm³/mol. The Morgan fingerprint density at radius 3 is 2.40 bits per heavy atom. The molecule has 0 saturated heterocycles. The van der Waals surface area contributed by atoms with Crippen molar-refractivity contribution in [3.63, 3.8) is 0 Å². The Labute approximate surface area is 89.2 Å². The van der Waals surface area contributed by atoms with Gasteiger partial charge in [-0.2, -0.15) is 13.2 Å². The lowest BCUT2D eigenvalue weighted by molar-refractivity contribution is -0.174. The third-order valence-corrected chi connectivity index (χ3v) is 2.13. The lowest BCUT2D eigenvalue weighted by Crippen LogP contribution is -2.22. The van der Waals surface area contributed by atoms with Crippen LogP contribution in [0.5, 0.6) is 0 Å². The monoisotopic (exact) mass is 227 g/mol. The molecule has 0 radical (unpaired) electrons. The first-order valence-electron chi connectivity index (χ1n) is 5.28. The van der Waals surface area contributed by atoms with Crippen molar-refractivity contribution >= 4 is 0 Å². The van der Waals surface area contributed by atoms with Gasteiger partial charge in [-0.25, -0.2) is 0 Å². The molecule has 0 saturated carbocycles. The zero-order valence-corrected chi connectivity index (χ0v) is 9.36. The minimum atomic E-state index is -4.21. The summed E-state index contributed by atoms with van der Waals surface area (Å²) in [6.45, 7) is 1.96. The molecule has 0 rings (SSSR count). The van der Waals surface area contributed by atoms with E-state index in [4.69, 9.17) is 0 Å². The molecule has 1 N–H and O–H groups in total. The molecule has 92 valence electrons. The van der Waals surface area contributed by atoms with Crippen LogP contribution in [0.3, 0.4) is 0 Å². The highest BCUT2D eigenvalue weighted by molar-refractivity contribution is 4.60. The summed E-state index contributed by atoms with van der Waals surface area (Å²) in [5, 5.41) is 3.03. The van der Waals surface area contributed by atoms with E-state index in [1.807, 2.05) is 7.05 Å². The Balaban J connectivity index is 3.52. The van der Waals surface area contributed by atoms with Crippen LogP contribution in [-0.2, 0) is 4.74 Å². The number of nitrogens with one attached hydrogen (secondary N) is 1. The van der Waals surface area contributed by atoms with E-state index in [1.165, 1.54) is 0 Å². The van der Waals surface area contributed by atoms with Gasteiger partial charge in [0.05, 0.1) is 0 Å². The van der Waals surface area contributed by atoms with Crippen LogP contribution in [-0.4, -0.2) is 33.0 Å². The molecule has 0 heterocycles. The summed E-state index contributed by atoms with van der Waals surface area (Å²) in [7, 11) is 1.85. The van der Waals surface area contributed by atoms with Crippen LogP contribution in [0.2, 0.25) is 0 Å². The SMILES string of the molecule is CCCC(CCOCC(F)(F)F)CNC. The average molecular weight is 227 g/mol. The van der Waals surface area contributed by atoms with Gasteiger partial charge in [0, 0.05) is 6.61 Å². The van der Waals surface area contributed by atoms with Gasteiger partial charge in [0.15, 0.2) is 0 Å². The molecule has 1 unspecified atom stereocenters. The smallest absolute Gasteiger partial charge is 0.372 e. The van der Waals surface area contributed by atoms with E-state index < -0.39 is 12.8 Å². The molecule has 0 bridgehead atoms. The first kappa shape index (κ1) is 14.7. The molecule has 1 atom stereocenters. The van der Waals surface area contributed by atoms with Crippen molar-refractivity contribution in [2.45, 2.75) is 32.4 Å². The van der Waals surface area contributed by atoms with Crippen LogP contribution < -0.4 is 5.32 Å². The molecule has 0 aliphatic carbocycles. The second-order valence-electron chi connectivity index (χ2n) is 3.67. The predicted octanol–water partition coefficient (Wildman–Crippen LogP) is 2.59. The first-order valence-corrected chi connectivity index (χ1v) is 5.28. The molecule has 0 aliphatic heterocycles. The molecule has 0 amide bonds. The van der Waals surface area contributed by atoms with Gasteiger partial charge in [-0.3, -0.25) is 0 Å². The molecule has 0 aromatic carbocycles. The zero-order chi connectivity index (χ0) is 11.7.